The maximum atomic E-state index is 13.3. The van der Waals surface area contributed by atoms with Crippen molar-refractivity contribution in [1.29, 1.82) is 0 Å². The van der Waals surface area contributed by atoms with Gasteiger partial charge in [-0.2, -0.15) is 0 Å². The number of halogens is 1. The number of rotatable bonds is 6. The molecule has 9 heteroatoms. The minimum absolute atomic E-state index is 0. The maximum absolute atomic E-state index is 13.3. The zero-order valence-corrected chi connectivity index (χ0v) is 21.3. The molecule has 0 radical (unpaired) electrons. The van der Waals surface area contributed by atoms with E-state index >= 15 is 0 Å². The summed E-state index contributed by atoms with van der Waals surface area (Å²) in [6.45, 7) is 7.56. The number of anilines is 2. The summed E-state index contributed by atoms with van der Waals surface area (Å²) in [5.41, 5.74) is 4.79. The average Bonchev–Trinajstić information content (AvgIpc) is 3.62. The van der Waals surface area contributed by atoms with Gasteiger partial charge in [0.2, 0.25) is 0 Å². The standard InChI is InChI=1S/C26H32N4O4.ClH/c1-17-13-21(30-22(15-33-3)16-34-26(30)32)6-7-23(17)25(31)29-10-8-28(9-11-29)24-18(2)12-20(14-27-24)19-4-5-19;/h6-7,12-14,19,22H,4-5,8-11,15-16H2,1-3H3;1H/t22-;/m1./s1. The van der Waals surface area contributed by atoms with Crippen molar-refractivity contribution in [3.8, 4) is 0 Å². The first-order valence-electron chi connectivity index (χ1n) is 12.0. The third-order valence-corrected chi connectivity index (χ3v) is 7.03. The quantitative estimate of drug-likeness (QED) is 0.598. The van der Waals surface area contributed by atoms with Crippen LogP contribution in [0.15, 0.2) is 30.5 Å². The Hall–Kier alpha value is -2.84. The van der Waals surface area contributed by atoms with Crippen LogP contribution in [0.25, 0.3) is 0 Å². The zero-order valence-electron chi connectivity index (χ0n) is 20.5. The number of aryl methyl sites for hydroxylation is 2. The molecular weight excluding hydrogens is 468 g/mol. The lowest BCUT2D eigenvalue weighted by molar-refractivity contribution is 0.0745. The molecule has 3 heterocycles. The number of hydrogen-bond donors (Lipinski definition) is 0. The summed E-state index contributed by atoms with van der Waals surface area (Å²) in [6.07, 6.45) is 4.19. The number of hydrogen-bond acceptors (Lipinski definition) is 6. The highest BCUT2D eigenvalue weighted by Crippen LogP contribution is 2.40. The van der Waals surface area contributed by atoms with Gasteiger partial charge in [0.1, 0.15) is 12.4 Å². The Morgan fingerprint density at radius 1 is 1.11 bits per heavy atom. The summed E-state index contributed by atoms with van der Waals surface area (Å²) in [4.78, 5) is 36.1. The number of amides is 2. The fraction of sp³-hybridized carbons (Fsp3) is 0.500. The predicted molar refractivity (Wildman–Crippen MR) is 137 cm³/mol. The SMILES string of the molecule is COC[C@@H]1COC(=O)N1c1ccc(C(=O)N2CCN(c3ncc(C4CC4)cc3C)CC2)c(C)c1.Cl. The molecule has 1 atom stereocenters. The van der Waals surface area contributed by atoms with E-state index < -0.39 is 0 Å². The summed E-state index contributed by atoms with van der Waals surface area (Å²) in [6, 6.07) is 7.63. The third-order valence-electron chi connectivity index (χ3n) is 7.03. The van der Waals surface area contributed by atoms with E-state index in [0.717, 1.165) is 30.2 Å². The number of methoxy groups -OCH3 is 1. The van der Waals surface area contributed by atoms with Crippen LogP contribution < -0.4 is 9.80 Å². The van der Waals surface area contributed by atoms with Gasteiger partial charge in [0.05, 0.1) is 12.6 Å². The lowest BCUT2D eigenvalue weighted by Gasteiger charge is -2.36. The fourth-order valence-corrected chi connectivity index (χ4v) is 4.98. The summed E-state index contributed by atoms with van der Waals surface area (Å²) in [5, 5.41) is 0. The zero-order chi connectivity index (χ0) is 23.8. The number of benzene rings is 1. The molecule has 0 spiro atoms. The molecule has 2 aromatic rings. The molecule has 1 saturated carbocycles. The van der Waals surface area contributed by atoms with Crippen molar-refractivity contribution in [2.24, 2.45) is 0 Å². The topological polar surface area (TPSA) is 75.2 Å². The van der Waals surface area contributed by atoms with Gasteiger partial charge in [-0.05, 0) is 67.5 Å². The van der Waals surface area contributed by atoms with Crippen molar-refractivity contribution in [2.45, 2.75) is 38.6 Å². The Morgan fingerprint density at radius 3 is 2.49 bits per heavy atom. The van der Waals surface area contributed by atoms with E-state index in [9.17, 15) is 9.59 Å². The Balaban J connectivity index is 0.00000289. The molecule has 1 aliphatic carbocycles. The van der Waals surface area contributed by atoms with E-state index in [1.54, 1.807) is 12.0 Å². The number of carbonyl (C=O) groups is 2. The van der Waals surface area contributed by atoms with E-state index in [1.165, 1.54) is 24.0 Å². The van der Waals surface area contributed by atoms with Gasteiger partial charge in [0.15, 0.2) is 0 Å². The third kappa shape index (κ3) is 5.09. The largest absolute Gasteiger partial charge is 0.447 e. The first-order valence-corrected chi connectivity index (χ1v) is 12.0. The number of ether oxygens (including phenoxy) is 2. The molecule has 0 N–H and O–H groups in total. The molecule has 1 aromatic carbocycles. The number of piperazine rings is 1. The molecular formula is C26H33ClN4O4. The molecule has 35 heavy (non-hydrogen) atoms. The maximum Gasteiger partial charge on any atom is 0.414 e. The van der Waals surface area contributed by atoms with E-state index in [0.29, 0.717) is 37.8 Å². The predicted octanol–water partition coefficient (Wildman–Crippen LogP) is 3.93. The Bertz CT molecular complexity index is 1100. The van der Waals surface area contributed by atoms with Crippen LogP contribution in [0.4, 0.5) is 16.3 Å². The van der Waals surface area contributed by atoms with Crippen molar-refractivity contribution in [3.05, 3.63) is 52.7 Å². The molecule has 3 fully saturated rings. The van der Waals surface area contributed by atoms with Gasteiger partial charge in [0, 0.05) is 50.7 Å². The fourth-order valence-electron chi connectivity index (χ4n) is 4.98. The van der Waals surface area contributed by atoms with Gasteiger partial charge in [-0.15, -0.1) is 12.4 Å². The number of cyclic esters (lactones) is 1. The smallest absolute Gasteiger partial charge is 0.414 e. The Labute approximate surface area is 212 Å². The van der Waals surface area contributed by atoms with Crippen LogP contribution in [-0.2, 0) is 9.47 Å². The second-order valence-electron chi connectivity index (χ2n) is 9.52. The molecule has 5 rings (SSSR count). The summed E-state index contributed by atoms with van der Waals surface area (Å²) in [5.74, 6) is 1.75. The molecule has 2 amide bonds. The van der Waals surface area contributed by atoms with Crippen molar-refractivity contribution >= 4 is 35.9 Å². The Morgan fingerprint density at radius 2 is 1.86 bits per heavy atom. The van der Waals surface area contributed by atoms with Crippen LogP contribution in [0.1, 0.15) is 45.8 Å². The highest BCUT2D eigenvalue weighted by atomic mass is 35.5. The van der Waals surface area contributed by atoms with Gasteiger partial charge < -0.3 is 19.3 Å². The van der Waals surface area contributed by atoms with E-state index in [4.69, 9.17) is 14.5 Å². The van der Waals surface area contributed by atoms with E-state index in [-0.39, 0.29) is 30.4 Å². The summed E-state index contributed by atoms with van der Waals surface area (Å²) >= 11 is 0. The Kier molecular flexibility index (Phi) is 7.52. The lowest BCUT2D eigenvalue weighted by atomic mass is 10.0. The highest BCUT2D eigenvalue weighted by molar-refractivity contribution is 5.97. The second kappa shape index (κ2) is 10.4. The number of pyridine rings is 1. The molecule has 0 bridgehead atoms. The first kappa shape index (κ1) is 25.3. The molecule has 3 aliphatic rings. The molecule has 2 saturated heterocycles. The number of aromatic nitrogens is 1. The van der Waals surface area contributed by atoms with E-state index in [1.807, 2.05) is 36.2 Å². The number of carbonyl (C=O) groups excluding carboxylic acids is 2. The molecule has 2 aliphatic heterocycles. The van der Waals surface area contributed by atoms with Gasteiger partial charge >= 0.3 is 6.09 Å². The van der Waals surface area contributed by atoms with Crippen LogP contribution in [0.5, 0.6) is 0 Å². The highest BCUT2D eigenvalue weighted by Gasteiger charge is 2.35. The van der Waals surface area contributed by atoms with Gasteiger partial charge in [0.25, 0.3) is 5.91 Å². The number of nitrogens with zero attached hydrogens (tertiary/aromatic N) is 4. The van der Waals surface area contributed by atoms with Crippen LogP contribution >= 0.6 is 12.4 Å². The molecule has 188 valence electrons. The lowest BCUT2D eigenvalue weighted by Crippen LogP contribution is -2.49. The van der Waals surface area contributed by atoms with Gasteiger partial charge in [-0.25, -0.2) is 9.78 Å². The average molecular weight is 501 g/mol. The van der Waals surface area contributed by atoms with Crippen molar-refractivity contribution in [2.75, 3.05) is 56.3 Å². The minimum atomic E-state index is -0.384. The summed E-state index contributed by atoms with van der Waals surface area (Å²) < 4.78 is 10.4. The molecule has 0 unspecified atom stereocenters. The van der Waals surface area contributed by atoms with E-state index in [2.05, 4.69) is 17.9 Å². The van der Waals surface area contributed by atoms with Gasteiger partial charge in [-0.3, -0.25) is 9.69 Å². The van der Waals surface area contributed by atoms with Crippen molar-refractivity contribution in [3.63, 3.8) is 0 Å². The second-order valence-corrected chi connectivity index (χ2v) is 9.52. The van der Waals surface area contributed by atoms with Crippen LogP contribution in [0.3, 0.4) is 0 Å². The van der Waals surface area contributed by atoms with Crippen LogP contribution in [0.2, 0.25) is 0 Å². The molecule has 8 nitrogen and oxygen atoms in total. The van der Waals surface area contributed by atoms with Crippen molar-refractivity contribution in [1.82, 2.24) is 9.88 Å². The molecule has 1 aromatic heterocycles. The van der Waals surface area contributed by atoms with Crippen LogP contribution in [-0.4, -0.2) is 74.4 Å². The summed E-state index contributed by atoms with van der Waals surface area (Å²) in [7, 11) is 1.61. The van der Waals surface area contributed by atoms with Gasteiger partial charge in [-0.1, -0.05) is 6.07 Å². The minimum Gasteiger partial charge on any atom is -0.447 e. The van der Waals surface area contributed by atoms with Crippen molar-refractivity contribution < 1.29 is 19.1 Å². The first-order chi connectivity index (χ1) is 16.5. The normalized spacial score (nSPS) is 20.0. The van der Waals surface area contributed by atoms with Crippen LogP contribution in [0, 0.1) is 13.8 Å². The monoisotopic (exact) mass is 500 g/mol.